The van der Waals surface area contributed by atoms with Gasteiger partial charge in [0.25, 0.3) is 5.91 Å². The van der Waals surface area contributed by atoms with Gasteiger partial charge in [-0.05, 0) is 25.0 Å². The number of carbonyl (C=O) groups excluding carboxylic acids is 1. The lowest BCUT2D eigenvalue weighted by atomic mass is 10.1. The van der Waals surface area contributed by atoms with Crippen LogP contribution >= 0.6 is 0 Å². The molecule has 0 aliphatic heterocycles. The van der Waals surface area contributed by atoms with E-state index in [0.29, 0.717) is 24.5 Å². The first-order chi connectivity index (χ1) is 9.13. The van der Waals surface area contributed by atoms with Crippen molar-refractivity contribution in [3.8, 4) is 0 Å². The second kappa shape index (κ2) is 7.74. The summed E-state index contributed by atoms with van der Waals surface area (Å²) in [7, 11) is 1.63. The molecule has 5 nitrogen and oxygen atoms in total. The predicted molar refractivity (Wildman–Crippen MR) is 75.9 cm³/mol. The summed E-state index contributed by atoms with van der Waals surface area (Å²) in [6.45, 7) is 5.24. The number of ether oxygens (including phenoxy) is 1. The highest BCUT2D eigenvalue weighted by Gasteiger charge is 2.23. The van der Waals surface area contributed by atoms with Crippen LogP contribution in [0.4, 0.5) is 5.69 Å². The van der Waals surface area contributed by atoms with Gasteiger partial charge < -0.3 is 15.4 Å². The molecule has 0 saturated carbocycles. The van der Waals surface area contributed by atoms with Gasteiger partial charge in [-0.15, -0.1) is 0 Å². The monoisotopic (exact) mass is 265 g/mol. The standard InChI is InChI=1S/C14H23N3O2/c1-4-12(5-2)17(8-9-19-3)14(18)13-10-11(15)6-7-16-13/h6-7,10,12H,4-5,8-9H2,1-3H3,(H2,15,16). The number of hydrogen-bond donors (Lipinski definition) is 1. The lowest BCUT2D eigenvalue weighted by Crippen LogP contribution is -2.42. The number of carbonyl (C=O) groups is 1. The fourth-order valence-electron chi connectivity index (χ4n) is 2.08. The van der Waals surface area contributed by atoms with Gasteiger partial charge in [-0.3, -0.25) is 9.78 Å². The molecule has 0 aromatic carbocycles. The van der Waals surface area contributed by atoms with Crippen LogP contribution in [0.1, 0.15) is 37.2 Å². The van der Waals surface area contributed by atoms with Crippen molar-refractivity contribution >= 4 is 11.6 Å². The maximum Gasteiger partial charge on any atom is 0.272 e. The van der Waals surface area contributed by atoms with Crippen molar-refractivity contribution in [2.75, 3.05) is 26.0 Å². The molecule has 1 rings (SSSR count). The van der Waals surface area contributed by atoms with Gasteiger partial charge in [0.15, 0.2) is 0 Å². The van der Waals surface area contributed by atoms with Crippen molar-refractivity contribution in [2.45, 2.75) is 32.7 Å². The molecular weight excluding hydrogens is 242 g/mol. The Hall–Kier alpha value is -1.62. The van der Waals surface area contributed by atoms with Crippen LogP contribution in [0.25, 0.3) is 0 Å². The molecule has 106 valence electrons. The Morgan fingerprint density at radius 2 is 2.16 bits per heavy atom. The van der Waals surface area contributed by atoms with E-state index in [4.69, 9.17) is 10.5 Å². The van der Waals surface area contributed by atoms with E-state index in [1.54, 1.807) is 25.4 Å². The molecule has 1 aromatic rings. The Balaban J connectivity index is 2.92. The molecule has 5 heteroatoms. The van der Waals surface area contributed by atoms with Gasteiger partial charge in [-0.2, -0.15) is 0 Å². The molecule has 0 spiro atoms. The number of hydrogen-bond acceptors (Lipinski definition) is 4. The predicted octanol–water partition coefficient (Wildman–Crippen LogP) is 1.94. The van der Waals surface area contributed by atoms with Crippen molar-refractivity contribution in [3.63, 3.8) is 0 Å². The molecule has 0 unspecified atom stereocenters. The van der Waals surface area contributed by atoms with Crippen LogP contribution in [0.2, 0.25) is 0 Å². The zero-order valence-electron chi connectivity index (χ0n) is 11.9. The second-order valence-corrected chi connectivity index (χ2v) is 4.44. The number of pyridine rings is 1. The van der Waals surface area contributed by atoms with Crippen LogP contribution in [0.15, 0.2) is 18.3 Å². The Bertz CT molecular complexity index is 405. The smallest absolute Gasteiger partial charge is 0.272 e. The molecule has 1 aromatic heterocycles. The normalized spacial score (nSPS) is 10.7. The largest absolute Gasteiger partial charge is 0.399 e. The number of nitrogens with zero attached hydrogens (tertiary/aromatic N) is 2. The van der Waals surface area contributed by atoms with Crippen LogP contribution in [0.5, 0.6) is 0 Å². The van der Waals surface area contributed by atoms with Crippen LogP contribution in [-0.4, -0.2) is 42.1 Å². The summed E-state index contributed by atoms with van der Waals surface area (Å²) in [5.41, 5.74) is 6.64. The maximum absolute atomic E-state index is 12.5. The zero-order chi connectivity index (χ0) is 14.3. The number of methoxy groups -OCH3 is 1. The minimum Gasteiger partial charge on any atom is -0.399 e. The van der Waals surface area contributed by atoms with Gasteiger partial charge in [0.2, 0.25) is 0 Å². The fourth-order valence-corrected chi connectivity index (χ4v) is 2.08. The molecular formula is C14H23N3O2. The molecule has 0 radical (unpaired) electrons. The zero-order valence-corrected chi connectivity index (χ0v) is 11.9. The van der Waals surface area contributed by atoms with E-state index in [1.165, 1.54) is 0 Å². The van der Waals surface area contributed by atoms with Crippen molar-refractivity contribution in [2.24, 2.45) is 0 Å². The third-order valence-electron chi connectivity index (χ3n) is 3.18. The average Bonchev–Trinajstić information content (AvgIpc) is 2.43. The van der Waals surface area contributed by atoms with E-state index < -0.39 is 0 Å². The summed E-state index contributed by atoms with van der Waals surface area (Å²) in [6.07, 6.45) is 3.38. The molecule has 0 aliphatic rings. The van der Waals surface area contributed by atoms with Crippen LogP contribution in [-0.2, 0) is 4.74 Å². The molecule has 1 amide bonds. The Morgan fingerprint density at radius 3 is 2.68 bits per heavy atom. The van der Waals surface area contributed by atoms with E-state index in [9.17, 15) is 4.79 Å². The molecule has 0 fully saturated rings. The lowest BCUT2D eigenvalue weighted by molar-refractivity contribution is 0.0584. The summed E-state index contributed by atoms with van der Waals surface area (Å²) >= 11 is 0. The van der Waals surface area contributed by atoms with Gasteiger partial charge in [0.05, 0.1) is 6.61 Å². The van der Waals surface area contributed by atoms with Crippen LogP contribution < -0.4 is 5.73 Å². The first-order valence-electron chi connectivity index (χ1n) is 6.65. The van der Waals surface area contributed by atoms with Gasteiger partial charge >= 0.3 is 0 Å². The first-order valence-corrected chi connectivity index (χ1v) is 6.65. The van der Waals surface area contributed by atoms with E-state index in [2.05, 4.69) is 18.8 Å². The highest BCUT2D eigenvalue weighted by Crippen LogP contribution is 2.13. The van der Waals surface area contributed by atoms with E-state index >= 15 is 0 Å². The van der Waals surface area contributed by atoms with Crippen molar-refractivity contribution in [1.82, 2.24) is 9.88 Å². The molecule has 19 heavy (non-hydrogen) atoms. The molecule has 0 saturated heterocycles. The average molecular weight is 265 g/mol. The van der Waals surface area contributed by atoms with Crippen LogP contribution in [0.3, 0.4) is 0 Å². The van der Waals surface area contributed by atoms with Gasteiger partial charge in [0, 0.05) is 31.6 Å². The van der Waals surface area contributed by atoms with Gasteiger partial charge in [-0.25, -0.2) is 0 Å². The quantitative estimate of drug-likeness (QED) is 0.818. The third kappa shape index (κ3) is 4.21. The van der Waals surface area contributed by atoms with Crippen molar-refractivity contribution in [3.05, 3.63) is 24.0 Å². The number of amides is 1. The Kier molecular flexibility index (Phi) is 6.29. The minimum atomic E-state index is -0.0851. The lowest BCUT2D eigenvalue weighted by Gasteiger charge is -2.30. The van der Waals surface area contributed by atoms with Gasteiger partial charge in [0.1, 0.15) is 5.69 Å². The molecule has 0 aliphatic carbocycles. The highest BCUT2D eigenvalue weighted by atomic mass is 16.5. The minimum absolute atomic E-state index is 0.0851. The summed E-state index contributed by atoms with van der Waals surface area (Å²) in [6, 6.07) is 3.49. The van der Waals surface area contributed by atoms with E-state index in [-0.39, 0.29) is 11.9 Å². The number of anilines is 1. The van der Waals surface area contributed by atoms with Crippen molar-refractivity contribution < 1.29 is 9.53 Å². The molecule has 0 bridgehead atoms. The topological polar surface area (TPSA) is 68.5 Å². The molecule has 0 atom stereocenters. The molecule has 1 heterocycles. The number of rotatable bonds is 7. The van der Waals surface area contributed by atoms with Crippen LogP contribution in [0, 0.1) is 0 Å². The SMILES string of the molecule is CCC(CC)N(CCOC)C(=O)c1cc(N)ccn1. The maximum atomic E-state index is 12.5. The second-order valence-electron chi connectivity index (χ2n) is 4.44. The van der Waals surface area contributed by atoms with Gasteiger partial charge in [-0.1, -0.05) is 13.8 Å². The van der Waals surface area contributed by atoms with E-state index in [1.807, 2.05) is 4.90 Å². The summed E-state index contributed by atoms with van der Waals surface area (Å²) in [5.74, 6) is -0.0851. The Labute approximate surface area is 114 Å². The Morgan fingerprint density at radius 1 is 1.47 bits per heavy atom. The first kappa shape index (κ1) is 15.4. The summed E-state index contributed by atoms with van der Waals surface area (Å²) in [4.78, 5) is 18.4. The summed E-state index contributed by atoms with van der Waals surface area (Å²) < 4.78 is 5.08. The molecule has 2 N–H and O–H groups in total. The summed E-state index contributed by atoms with van der Waals surface area (Å²) in [5, 5.41) is 0. The number of nitrogens with two attached hydrogens (primary N) is 1. The highest BCUT2D eigenvalue weighted by molar-refractivity contribution is 5.93. The fraction of sp³-hybridized carbons (Fsp3) is 0.571. The number of nitrogen functional groups attached to an aromatic ring is 1. The number of aromatic nitrogens is 1. The third-order valence-corrected chi connectivity index (χ3v) is 3.18. The van der Waals surface area contributed by atoms with Crippen molar-refractivity contribution in [1.29, 1.82) is 0 Å². The van der Waals surface area contributed by atoms with E-state index in [0.717, 1.165) is 12.8 Å².